The number of ether oxygens (including phenoxy) is 1. The molecule has 0 aliphatic carbocycles. The van der Waals surface area contributed by atoms with E-state index in [4.69, 9.17) is 4.74 Å². The van der Waals surface area contributed by atoms with Gasteiger partial charge in [-0.3, -0.25) is 4.79 Å². The molecule has 0 N–H and O–H groups in total. The minimum absolute atomic E-state index is 0.0450. The molecule has 0 bridgehead atoms. The summed E-state index contributed by atoms with van der Waals surface area (Å²) in [4.78, 5) is 32.4. The highest BCUT2D eigenvalue weighted by molar-refractivity contribution is 5.94. The van der Waals surface area contributed by atoms with Crippen molar-refractivity contribution in [1.29, 1.82) is 0 Å². The van der Waals surface area contributed by atoms with Crippen LogP contribution in [-0.4, -0.2) is 64.5 Å². The quantitative estimate of drug-likeness (QED) is 0.701. The first kappa shape index (κ1) is 17.1. The molecule has 2 amide bonds. The Bertz CT molecular complexity index is 975. The summed E-state index contributed by atoms with van der Waals surface area (Å²) in [5.41, 5.74) is 3.30. The monoisotopic (exact) mass is 364 g/mol. The molecule has 27 heavy (non-hydrogen) atoms. The molecule has 0 saturated carbocycles. The fraction of sp³-hybridized carbons (Fsp3) is 0.250. The SMILES string of the molecule is COC(=O)N1CCN(C(=O)c2ccc3nc(-c4ccccc4)cn3c2)CC1. The molecule has 1 aliphatic heterocycles. The van der Waals surface area contributed by atoms with Crippen LogP contribution in [0.3, 0.4) is 0 Å². The Labute approximate surface area is 156 Å². The Morgan fingerprint density at radius 3 is 2.33 bits per heavy atom. The van der Waals surface area contributed by atoms with Gasteiger partial charge in [0, 0.05) is 44.1 Å². The number of aromatic nitrogens is 2. The molecule has 0 atom stereocenters. The minimum Gasteiger partial charge on any atom is -0.453 e. The van der Waals surface area contributed by atoms with Crippen LogP contribution in [0.15, 0.2) is 54.9 Å². The number of methoxy groups -OCH3 is 1. The molecule has 2 aromatic heterocycles. The summed E-state index contributed by atoms with van der Waals surface area (Å²) in [6.45, 7) is 1.93. The third-order valence-corrected chi connectivity index (χ3v) is 4.77. The number of imidazole rings is 1. The molecule has 1 fully saturated rings. The minimum atomic E-state index is -0.352. The number of pyridine rings is 1. The van der Waals surface area contributed by atoms with E-state index >= 15 is 0 Å². The van der Waals surface area contributed by atoms with E-state index in [-0.39, 0.29) is 12.0 Å². The van der Waals surface area contributed by atoms with Gasteiger partial charge in [-0.2, -0.15) is 0 Å². The number of benzene rings is 1. The maximum atomic E-state index is 12.8. The predicted octanol–water partition coefficient (Wildman–Crippen LogP) is 2.53. The number of nitrogens with zero attached hydrogens (tertiary/aromatic N) is 4. The molecular weight excluding hydrogens is 344 g/mol. The van der Waals surface area contributed by atoms with Crippen molar-refractivity contribution in [2.24, 2.45) is 0 Å². The summed E-state index contributed by atoms with van der Waals surface area (Å²) in [5.74, 6) is -0.0450. The van der Waals surface area contributed by atoms with Gasteiger partial charge in [0.25, 0.3) is 5.91 Å². The number of carbonyl (C=O) groups is 2. The number of amides is 2. The second-order valence-electron chi connectivity index (χ2n) is 6.42. The second kappa shape index (κ2) is 7.11. The normalized spacial score (nSPS) is 14.4. The van der Waals surface area contributed by atoms with Crippen molar-refractivity contribution in [3.8, 4) is 11.3 Å². The molecule has 7 heteroatoms. The second-order valence-corrected chi connectivity index (χ2v) is 6.42. The highest BCUT2D eigenvalue weighted by Gasteiger charge is 2.25. The van der Waals surface area contributed by atoms with Crippen LogP contribution in [0.4, 0.5) is 4.79 Å². The first-order chi connectivity index (χ1) is 13.2. The van der Waals surface area contributed by atoms with E-state index in [1.165, 1.54) is 7.11 Å². The van der Waals surface area contributed by atoms with E-state index in [0.717, 1.165) is 16.9 Å². The zero-order valence-corrected chi connectivity index (χ0v) is 15.0. The highest BCUT2D eigenvalue weighted by atomic mass is 16.5. The lowest BCUT2D eigenvalue weighted by Gasteiger charge is -2.33. The largest absolute Gasteiger partial charge is 0.453 e. The van der Waals surface area contributed by atoms with Gasteiger partial charge in [-0.1, -0.05) is 30.3 Å². The van der Waals surface area contributed by atoms with Crippen LogP contribution in [0, 0.1) is 0 Å². The van der Waals surface area contributed by atoms with Crippen molar-refractivity contribution in [1.82, 2.24) is 19.2 Å². The van der Waals surface area contributed by atoms with Crippen molar-refractivity contribution in [3.05, 3.63) is 60.4 Å². The first-order valence-electron chi connectivity index (χ1n) is 8.82. The topological polar surface area (TPSA) is 67.2 Å². The lowest BCUT2D eigenvalue weighted by Crippen LogP contribution is -2.50. The fourth-order valence-corrected chi connectivity index (χ4v) is 3.27. The summed E-state index contributed by atoms with van der Waals surface area (Å²) in [6.07, 6.45) is 3.39. The first-order valence-corrected chi connectivity index (χ1v) is 8.82. The van der Waals surface area contributed by atoms with Crippen molar-refractivity contribution >= 4 is 17.6 Å². The summed E-state index contributed by atoms with van der Waals surface area (Å²) in [6, 6.07) is 13.6. The molecule has 0 unspecified atom stereocenters. The Morgan fingerprint density at radius 1 is 0.926 bits per heavy atom. The third kappa shape index (κ3) is 3.36. The van der Waals surface area contributed by atoms with Crippen LogP contribution in [0.25, 0.3) is 16.9 Å². The molecule has 0 radical (unpaired) electrons. The fourth-order valence-electron chi connectivity index (χ4n) is 3.27. The maximum absolute atomic E-state index is 12.8. The van der Waals surface area contributed by atoms with Gasteiger partial charge >= 0.3 is 6.09 Å². The van der Waals surface area contributed by atoms with E-state index in [9.17, 15) is 9.59 Å². The predicted molar refractivity (Wildman–Crippen MR) is 101 cm³/mol. The molecule has 4 rings (SSSR count). The number of rotatable bonds is 2. The summed E-state index contributed by atoms with van der Waals surface area (Å²) >= 11 is 0. The molecule has 1 aliphatic rings. The Morgan fingerprint density at radius 2 is 1.63 bits per heavy atom. The average molecular weight is 364 g/mol. The molecule has 138 valence electrons. The van der Waals surface area contributed by atoms with Crippen LogP contribution in [0.5, 0.6) is 0 Å². The van der Waals surface area contributed by atoms with E-state index < -0.39 is 0 Å². The van der Waals surface area contributed by atoms with Crippen molar-refractivity contribution < 1.29 is 14.3 Å². The van der Waals surface area contributed by atoms with Crippen LogP contribution in [-0.2, 0) is 4.74 Å². The molecule has 3 aromatic rings. The van der Waals surface area contributed by atoms with Gasteiger partial charge in [-0.05, 0) is 12.1 Å². The number of fused-ring (bicyclic) bond motifs is 1. The van der Waals surface area contributed by atoms with Gasteiger partial charge in [0.05, 0.1) is 18.4 Å². The van der Waals surface area contributed by atoms with Gasteiger partial charge in [0.15, 0.2) is 0 Å². The van der Waals surface area contributed by atoms with E-state index in [2.05, 4.69) is 4.98 Å². The van der Waals surface area contributed by atoms with Crippen LogP contribution in [0.2, 0.25) is 0 Å². The lowest BCUT2D eigenvalue weighted by molar-refractivity contribution is 0.0599. The van der Waals surface area contributed by atoms with Gasteiger partial charge in [-0.25, -0.2) is 9.78 Å². The third-order valence-electron chi connectivity index (χ3n) is 4.77. The van der Waals surface area contributed by atoms with Crippen molar-refractivity contribution in [3.63, 3.8) is 0 Å². The standard InChI is InChI=1S/C20H20N4O3/c1-27-20(26)23-11-9-22(10-12-23)19(25)16-7-8-18-21-17(14-24(18)13-16)15-5-3-2-4-6-15/h2-8,13-14H,9-12H2,1H3. The number of carbonyl (C=O) groups excluding carboxylic acids is 2. The van der Waals surface area contributed by atoms with Gasteiger partial charge in [0.1, 0.15) is 5.65 Å². The Kier molecular flexibility index (Phi) is 4.50. The van der Waals surface area contributed by atoms with Crippen molar-refractivity contribution in [2.45, 2.75) is 0 Å². The number of piperazine rings is 1. The number of hydrogen-bond donors (Lipinski definition) is 0. The maximum Gasteiger partial charge on any atom is 0.409 e. The van der Waals surface area contributed by atoms with E-state index in [1.807, 2.05) is 53.2 Å². The summed E-state index contributed by atoms with van der Waals surface area (Å²) in [5, 5.41) is 0. The molecule has 1 aromatic carbocycles. The zero-order valence-electron chi connectivity index (χ0n) is 15.0. The highest BCUT2D eigenvalue weighted by Crippen LogP contribution is 2.19. The molecule has 1 saturated heterocycles. The van der Waals surface area contributed by atoms with Gasteiger partial charge < -0.3 is 18.9 Å². The van der Waals surface area contributed by atoms with Crippen LogP contribution >= 0.6 is 0 Å². The molecule has 3 heterocycles. The molecular formula is C20H20N4O3. The van der Waals surface area contributed by atoms with Crippen LogP contribution < -0.4 is 0 Å². The van der Waals surface area contributed by atoms with Gasteiger partial charge in [-0.15, -0.1) is 0 Å². The van der Waals surface area contributed by atoms with Crippen LogP contribution in [0.1, 0.15) is 10.4 Å². The van der Waals surface area contributed by atoms with Gasteiger partial charge in [0.2, 0.25) is 0 Å². The Hall–Kier alpha value is -3.35. The molecule has 7 nitrogen and oxygen atoms in total. The zero-order chi connectivity index (χ0) is 18.8. The summed E-state index contributed by atoms with van der Waals surface area (Å²) in [7, 11) is 1.36. The Balaban J connectivity index is 1.52. The molecule has 0 spiro atoms. The lowest BCUT2D eigenvalue weighted by atomic mass is 10.2. The van der Waals surface area contributed by atoms with E-state index in [1.54, 1.807) is 15.9 Å². The smallest absolute Gasteiger partial charge is 0.409 e. The van der Waals surface area contributed by atoms with E-state index in [0.29, 0.717) is 31.7 Å². The number of hydrogen-bond acceptors (Lipinski definition) is 4. The van der Waals surface area contributed by atoms with Crippen molar-refractivity contribution in [2.75, 3.05) is 33.3 Å². The summed E-state index contributed by atoms with van der Waals surface area (Å²) < 4.78 is 6.61. The average Bonchev–Trinajstić information content (AvgIpc) is 3.17.